The summed E-state index contributed by atoms with van der Waals surface area (Å²) in [6.07, 6.45) is 2.50. The molecular weight excluding hydrogens is 198 g/mol. The Hall–Kier alpha value is -1.56. The summed E-state index contributed by atoms with van der Waals surface area (Å²) >= 11 is 0. The van der Waals surface area contributed by atoms with Crippen LogP contribution in [0.4, 0.5) is 5.69 Å². The molecule has 6 heteroatoms. The van der Waals surface area contributed by atoms with E-state index in [4.69, 9.17) is 4.74 Å². The molecule has 0 aromatic carbocycles. The minimum absolute atomic E-state index is 0.163. The second-order valence-electron chi connectivity index (χ2n) is 3.55. The highest BCUT2D eigenvalue weighted by Gasteiger charge is 2.23. The summed E-state index contributed by atoms with van der Waals surface area (Å²) in [6.45, 7) is 1.46. The monoisotopic (exact) mass is 211 g/mol. The Morgan fingerprint density at radius 3 is 2.93 bits per heavy atom. The highest BCUT2D eigenvalue weighted by atomic mass is 16.5. The molecular formula is C9H13N3O3. The number of aromatic amines is 2. The largest absolute Gasteiger partial charge is 0.380 e. The summed E-state index contributed by atoms with van der Waals surface area (Å²) < 4.78 is 5.20. The lowest BCUT2D eigenvalue weighted by molar-refractivity contribution is 0.121. The molecule has 1 unspecified atom stereocenters. The van der Waals surface area contributed by atoms with Crippen LogP contribution in [0.5, 0.6) is 0 Å². The first-order valence-corrected chi connectivity index (χ1v) is 4.80. The molecule has 1 saturated heterocycles. The molecule has 2 heterocycles. The van der Waals surface area contributed by atoms with E-state index in [1.807, 2.05) is 4.90 Å². The van der Waals surface area contributed by atoms with E-state index in [9.17, 15) is 9.59 Å². The zero-order chi connectivity index (χ0) is 10.8. The number of anilines is 1. The van der Waals surface area contributed by atoms with Gasteiger partial charge in [0.05, 0.1) is 6.10 Å². The average molecular weight is 211 g/mol. The van der Waals surface area contributed by atoms with Crippen LogP contribution < -0.4 is 16.1 Å². The van der Waals surface area contributed by atoms with E-state index in [-0.39, 0.29) is 11.7 Å². The lowest BCUT2D eigenvalue weighted by atomic mass is 10.3. The normalized spacial score (nSPS) is 20.9. The third-order valence-electron chi connectivity index (χ3n) is 2.62. The number of aromatic nitrogens is 2. The molecule has 6 nitrogen and oxygen atoms in total. The fourth-order valence-electron chi connectivity index (χ4n) is 1.78. The van der Waals surface area contributed by atoms with Crippen molar-refractivity contribution in [3.05, 3.63) is 27.0 Å². The van der Waals surface area contributed by atoms with Gasteiger partial charge in [0.25, 0.3) is 5.56 Å². The maximum absolute atomic E-state index is 11.5. The summed E-state index contributed by atoms with van der Waals surface area (Å²) in [5.74, 6) is 0. The quantitative estimate of drug-likeness (QED) is 0.677. The van der Waals surface area contributed by atoms with Crippen molar-refractivity contribution in [1.82, 2.24) is 9.97 Å². The van der Waals surface area contributed by atoms with Crippen molar-refractivity contribution in [1.29, 1.82) is 0 Å². The molecule has 1 aromatic heterocycles. The molecule has 0 spiro atoms. The van der Waals surface area contributed by atoms with Crippen LogP contribution >= 0.6 is 0 Å². The molecule has 1 aliphatic heterocycles. The Bertz CT molecular complexity index is 450. The number of nitrogens with zero attached hydrogens (tertiary/aromatic N) is 1. The van der Waals surface area contributed by atoms with Gasteiger partial charge in [-0.05, 0) is 6.42 Å². The lowest BCUT2D eigenvalue weighted by Crippen LogP contribution is -2.31. The SMILES string of the molecule is COC1CCN(c2c[nH]c(=O)[nH]c2=O)C1. The standard InChI is InChI=1S/C9H13N3O3/c1-15-6-2-3-12(5-6)7-4-10-9(14)11-8(7)13/h4,6H,2-3,5H2,1H3,(H2,10,11,13,14). The van der Waals surface area contributed by atoms with Crippen molar-refractivity contribution in [2.45, 2.75) is 12.5 Å². The Morgan fingerprint density at radius 2 is 2.33 bits per heavy atom. The number of hydrogen-bond donors (Lipinski definition) is 2. The third kappa shape index (κ3) is 1.94. The molecule has 0 saturated carbocycles. The molecule has 82 valence electrons. The van der Waals surface area contributed by atoms with Gasteiger partial charge in [-0.15, -0.1) is 0 Å². The first-order valence-electron chi connectivity index (χ1n) is 4.80. The van der Waals surface area contributed by atoms with E-state index >= 15 is 0 Å². The molecule has 2 N–H and O–H groups in total. The number of rotatable bonds is 2. The molecule has 0 amide bonds. The summed E-state index contributed by atoms with van der Waals surface area (Å²) in [5.41, 5.74) is -0.337. The lowest BCUT2D eigenvalue weighted by Gasteiger charge is -2.16. The number of H-pyrrole nitrogens is 2. The molecule has 1 fully saturated rings. The van der Waals surface area contributed by atoms with E-state index in [0.29, 0.717) is 12.2 Å². The topological polar surface area (TPSA) is 78.2 Å². The van der Waals surface area contributed by atoms with Crippen molar-refractivity contribution >= 4 is 5.69 Å². The van der Waals surface area contributed by atoms with Crippen LogP contribution in [-0.4, -0.2) is 36.3 Å². The van der Waals surface area contributed by atoms with Gasteiger partial charge in [0, 0.05) is 26.4 Å². The van der Waals surface area contributed by atoms with Gasteiger partial charge in [0.15, 0.2) is 0 Å². The van der Waals surface area contributed by atoms with Gasteiger partial charge in [-0.25, -0.2) is 4.79 Å². The summed E-state index contributed by atoms with van der Waals surface area (Å²) in [6, 6.07) is 0. The number of ether oxygens (including phenoxy) is 1. The molecule has 0 radical (unpaired) electrons. The van der Waals surface area contributed by atoms with E-state index < -0.39 is 5.69 Å². The van der Waals surface area contributed by atoms with Crippen molar-refractivity contribution < 1.29 is 4.74 Å². The van der Waals surface area contributed by atoms with Gasteiger partial charge in [-0.2, -0.15) is 0 Å². The van der Waals surface area contributed by atoms with Gasteiger partial charge in [0.2, 0.25) is 0 Å². The number of nitrogens with one attached hydrogen (secondary N) is 2. The van der Waals surface area contributed by atoms with Crippen LogP contribution in [0, 0.1) is 0 Å². The minimum atomic E-state index is -0.480. The average Bonchev–Trinajstić information content (AvgIpc) is 2.66. The molecule has 15 heavy (non-hydrogen) atoms. The zero-order valence-electron chi connectivity index (χ0n) is 8.45. The molecule has 1 atom stereocenters. The minimum Gasteiger partial charge on any atom is -0.380 e. The first-order chi connectivity index (χ1) is 7.20. The highest BCUT2D eigenvalue weighted by Crippen LogP contribution is 2.16. The van der Waals surface area contributed by atoms with E-state index in [0.717, 1.165) is 13.0 Å². The van der Waals surface area contributed by atoms with Gasteiger partial charge in [-0.1, -0.05) is 0 Å². The summed E-state index contributed by atoms with van der Waals surface area (Å²) in [7, 11) is 1.66. The molecule has 1 aliphatic rings. The van der Waals surface area contributed by atoms with E-state index in [1.54, 1.807) is 7.11 Å². The van der Waals surface area contributed by atoms with Gasteiger partial charge in [-0.3, -0.25) is 9.78 Å². The predicted molar refractivity (Wildman–Crippen MR) is 55.3 cm³/mol. The Kier molecular flexibility index (Phi) is 2.59. The van der Waals surface area contributed by atoms with Crippen LogP contribution in [0.1, 0.15) is 6.42 Å². The van der Waals surface area contributed by atoms with Crippen molar-refractivity contribution in [2.75, 3.05) is 25.1 Å². The van der Waals surface area contributed by atoms with Gasteiger partial charge in [0.1, 0.15) is 5.69 Å². The molecule has 1 aromatic rings. The molecule has 0 bridgehead atoms. The maximum atomic E-state index is 11.5. The Balaban J connectivity index is 2.24. The van der Waals surface area contributed by atoms with Crippen LogP contribution in [0.2, 0.25) is 0 Å². The predicted octanol–water partition coefficient (Wildman–Crippen LogP) is -0.712. The van der Waals surface area contributed by atoms with Crippen LogP contribution in [0.3, 0.4) is 0 Å². The van der Waals surface area contributed by atoms with E-state index in [2.05, 4.69) is 9.97 Å². The molecule has 2 rings (SSSR count). The van der Waals surface area contributed by atoms with Crippen molar-refractivity contribution in [2.24, 2.45) is 0 Å². The second-order valence-corrected chi connectivity index (χ2v) is 3.55. The number of hydrogen-bond acceptors (Lipinski definition) is 4. The van der Waals surface area contributed by atoms with Gasteiger partial charge < -0.3 is 14.6 Å². The van der Waals surface area contributed by atoms with E-state index in [1.165, 1.54) is 6.20 Å². The van der Waals surface area contributed by atoms with Crippen molar-refractivity contribution in [3.63, 3.8) is 0 Å². The Morgan fingerprint density at radius 1 is 1.53 bits per heavy atom. The third-order valence-corrected chi connectivity index (χ3v) is 2.62. The van der Waals surface area contributed by atoms with Crippen LogP contribution in [0.15, 0.2) is 15.8 Å². The first kappa shape index (κ1) is 9.97. The zero-order valence-corrected chi connectivity index (χ0v) is 8.45. The second kappa shape index (κ2) is 3.90. The van der Waals surface area contributed by atoms with Crippen molar-refractivity contribution in [3.8, 4) is 0 Å². The van der Waals surface area contributed by atoms with Crippen LogP contribution in [-0.2, 0) is 4.74 Å². The number of methoxy groups -OCH3 is 1. The highest BCUT2D eigenvalue weighted by molar-refractivity contribution is 5.42. The van der Waals surface area contributed by atoms with Crippen LogP contribution in [0.25, 0.3) is 0 Å². The summed E-state index contributed by atoms with van der Waals surface area (Å²) in [4.78, 5) is 28.8. The maximum Gasteiger partial charge on any atom is 0.325 e. The fraction of sp³-hybridized carbons (Fsp3) is 0.556. The summed E-state index contributed by atoms with van der Waals surface area (Å²) in [5, 5.41) is 0. The molecule has 0 aliphatic carbocycles. The Labute approximate surface area is 85.9 Å². The fourth-order valence-corrected chi connectivity index (χ4v) is 1.78. The smallest absolute Gasteiger partial charge is 0.325 e. The van der Waals surface area contributed by atoms with Gasteiger partial charge >= 0.3 is 5.69 Å².